The average molecular weight is 311 g/mol. The first kappa shape index (κ1) is 11.9. The van der Waals surface area contributed by atoms with Gasteiger partial charge < -0.3 is 4.52 Å². The summed E-state index contributed by atoms with van der Waals surface area (Å²) in [6.07, 6.45) is 8.12. The Morgan fingerprint density at radius 2 is 2.39 bits per heavy atom. The lowest BCUT2D eigenvalue weighted by atomic mass is 9.85. The van der Waals surface area contributed by atoms with E-state index in [4.69, 9.17) is 4.52 Å². The number of hydrogen-bond donors (Lipinski definition) is 0. The highest BCUT2D eigenvalue weighted by Crippen LogP contribution is 2.34. The second-order valence-electron chi connectivity index (χ2n) is 4.87. The zero-order valence-corrected chi connectivity index (χ0v) is 11.8. The van der Waals surface area contributed by atoms with Crippen molar-refractivity contribution in [1.29, 1.82) is 0 Å². The number of rotatable bonds is 4. The second-order valence-corrected chi connectivity index (χ2v) is 5.78. The summed E-state index contributed by atoms with van der Waals surface area (Å²) in [5, 5.41) is 8.33. The van der Waals surface area contributed by atoms with E-state index in [9.17, 15) is 0 Å². The lowest BCUT2D eigenvalue weighted by Crippen LogP contribution is -2.11. The van der Waals surface area contributed by atoms with E-state index in [0.29, 0.717) is 18.2 Å². The fraction of sp³-hybridized carbons (Fsp3) is 0.583. The molecule has 0 radical (unpaired) electrons. The van der Waals surface area contributed by atoms with Crippen molar-refractivity contribution in [3.63, 3.8) is 0 Å². The Labute approximate surface area is 114 Å². The summed E-state index contributed by atoms with van der Waals surface area (Å²) in [6, 6.07) is 0.214. The molecule has 2 heterocycles. The van der Waals surface area contributed by atoms with Gasteiger partial charge in [-0.25, -0.2) is 0 Å². The van der Waals surface area contributed by atoms with Crippen molar-refractivity contribution in [2.45, 2.75) is 44.6 Å². The molecule has 0 saturated heterocycles. The van der Waals surface area contributed by atoms with Gasteiger partial charge in [0.2, 0.25) is 5.89 Å². The van der Waals surface area contributed by atoms with Crippen molar-refractivity contribution in [3.05, 3.63) is 28.6 Å². The topological polar surface area (TPSA) is 56.7 Å². The van der Waals surface area contributed by atoms with Gasteiger partial charge in [0.05, 0.1) is 16.7 Å². The Morgan fingerprint density at radius 1 is 1.56 bits per heavy atom. The summed E-state index contributed by atoms with van der Waals surface area (Å²) < 4.78 is 8.19. The lowest BCUT2D eigenvalue weighted by Gasteiger charge is -2.20. The highest BCUT2D eigenvalue weighted by atomic mass is 79.9. The molecule has 1 aliphatic rings. The second kappa shape index (κ2) is 4.84. The van der Waals surface area contributed by atoms with Crippen LogP contribution in [0.15, 0.2) is 21.4 Å². The maximum Gasteiger partial charge on any atom is 0.228 e. The number of nitrogens with zero attached hydrogens (tertiary/aromatic N) is 4. The molecule has 0 aliphatic heterocycles. The predicted molar refractivity (Wildman–Crippen MR) is 69.2 cm³/mol. The van der Waals surface area contributed by atoms with Crippen LogP contribution < -0.4 is 0 Å². The van der Waals surface area contributed by atoms with Crippen LogP contribution in [0.5, 0.6) is 0 Å². The van der Waals surface area contributed by atoms with Crippen LogP contribution in [0.3, 0.4) is 0 Å². The monoisotopic (exact) mass is 310 g/mol. The van der Waals surface area contributed by atoms with Crippen LogP contribution in [0.4, 0.5) is 0 Å². The van der Waals surface area contributed by atoms with Crippen LogP contribution in [0, 0.1) is 0 Å². The molecule has 1 fully saturated rings. The van der Waals surface area contributed by atoms with Gasteiger partial charge in [0.25, 0.3) is 0 Å². The molecule has 1 unspecified atom stereocenters. The minimum Gasteiger partial charge on any atom is -0.339 e. The van der Waals surface area contributed by atoms with Crippen LogP contribution in [-0.4, -0.2) is 19.9 Å². The maximum absolute atomic E-state index is 5.31. The molecule has 1 atom stereocenters. The fourth-order valence-corrected chi connectivity index (χ4v) is 2.39. The first-order valence-corrected chi connectivity index (χ1v) is 7.04. The van der Waals surface area contributed by atoms with Crippen molar-refractivity contribution in [2.75, 3.05) is 0 Å². The average Bonchev–Trinajstić information content (AvgIpc) is 2.85. The molecule has 18 heavy (non-hydrogen) atoms. The van der Waals surface area contributed by atoms with Gasteiger partial charge in [0, 0.05) is 18.5 Å². The Kier molecular flexibility index (Phi) is 3.20. The van der Waals surface area contributed by atoms with Crippen molar-refractivity contribution >= 4 is 15.9 Å². The van der Waals surface area contributed by atoms with E-state index < -0.39 is 0 Å². The highest BCUT2D eigenvalue weighted by molar-refractivity contribution is 9.10. The first-order valence-electron chi connectivity index (χ1n) is 6.24. The summed E-state index contributed by atoms with van der Waals surface area (Å²) in [5.74, 6) is 2.11. The third-order valence-corrected chi connectivity index (χ3v) is 3.86. The number of aromatic nitrogens is 4. The Morgan fingerprint density at radius 3 is 3.00 bits per heavy atom. The van der Waals surface area contributed by atoms with Gasteiger partial charge in [-0.2, -0.15) is 10.1 Å². The van der Waals surface area contributed by atoms with Gasteiger partial charge >= 0.3 is 0 Å². The highest BCUT2D eigenvalue weighted by Gasteiger charge is 2.25. The molecule has 0 N–H and O–H groups in total. The van der Waals surface area contributed by atoms with Gasteiger partial charge in [0.15, 0.2) is 5.82 Å². The molecule has 3 rings (SSSR count). The van der Waals surface area contributed by atoms with E-state index in [1.165, 1.54) is 19.3 Å². The molecule has 1 saturated carbocycles. The first-order chi connectivity index (χ1) is 8.72. The quantitative estimate of drug-likeness (QED) is 0.870. The molecular formula is C12H15BrN4O. The normalized spacial score (nSPS) is 17.7. The van der Waals surface area contributed by atoms with Crippen molar-refractivity contribution in [3.8, 4) is 0 Å². The van der Waals surface area contributed by atoms with Gasteiger partial charge in [-0.1, -0.05) is 11.6 Å². The lowest BCUT2D eigenvalue weighted by molar-refractivity contribution is 0.332. The van der Waals surface area contributed by atoms with Gasteiger partial charge in [-0.05, 0) is 35.7 Å². The van der Waals surface area contributed by atoms with E-state index in [1.54, 1.807) is 6.20 Å². The van der Waals surface area contributed by atoms with Crippen LogP contribution in [-0.2, 0) is 6.42 Å². The van der Waals surface area contributed by atoms with E-state index in [0.717, 1.165) is 10.3 Å². The summed E-state index contributed by atoms with van der Waals surface area (Å²) in [4.78, 5) is 4.47. The minimum absolute atomic E-state index is 0.214. The third-order valence-electron chi connectivity index (χ3n) is 3.45. The SMILES string of the molecule is CC(Cc1nc(C2CCC2)no1)n1cc(Br)cn1. The zero-order valence-electron chi connectivity index (χ0n) is 10.2. The smallest absolute Gasteiger partial charge is 0.228 e. The van der Waals surface area contributed by atoms with E-state index in [1.807, 2.05) is 10.9 Å². The van der Waals surface area contributed by atoms with Crippen LogP contribution in [0.2, 0.25) is 0 Å². The molecule has 2 aromatic heterocycles. The van der Waals surface area contributed by atoms with E-state index in [2.05, 4.69) is 38.1 Å². The van der Waals surface area contributed by atoms with Crippen LogP contribution in [0.25, 0.3) is 0 Å². The summed E-state index contributed by atoms with van der Waals surface area (Å²) >= 11 is 3.39. The third kappa shape index (κ3) is 2.34. The zero-order chi connectivity index (χ0) is 12.5. The number of hydrogen-bond acceptors (Lipinski definition) is 4. The van der Waals surface area contributed by atoms with Crippen LogP contribution in [0.1, 0.15) is 49.9 Å². The Balaban J connectivity index is 1.66. The van der Waals surface area contributed by atoms with Crippen molar-refractivity contribution < 1.29 is 4.52 Å². The Hall–Kier alpha value is -1.17. The molecule has 2 aromatic rings. The largest absolute Gasteiger partial charge is 0.339 e. The van der Waals surface area contributed by atoms with E-state index >= 15 is 0 Å². The summed E-state index contributed by atoms with van der Waals surface area (Å²) in [7, 11) is 0. The molecule has 5 nitrogen and oxygen atoms in total. The molecule has 0 amide bonds. The van der Waals surface area contributed by atoms with E-state index in [-0.39, 0.29) is 6.04 Å². The van der Waals surface area contributed by atoms with Gasteiger partial charge in [0.1, 0.15) is 0 Å². The minimum atomic E-state index is 0.214. The van der Waals surface area contributed by atoms with Crippen molar-refractivity contribution in [2.24, 2.45) is 0 Å². The molecule has 6 heteroatoms. The maximum atomic E-state index is 5.31. The van der Waals surface area contributed by atoms with Gasteiger partial charge in [-0.3, -0.25) is 4.68 Å². The molecule has 96 valence electrons. The number of halogens is 1. The molecule has 0 aromatic carbocycles. The summed E-state index contributed by atoms with van der Waals surface area (Å²) in [6.45, 7) is 2.09. The van der Waals surface area contributed by atoms with Crippen molar-refractivity contribution in [1.82, 2.24) is 19.9 Å². The van der Waals surface area contributed by atoms with Crippen LogP contribution >= 0.6 is 15.9 Å². The fourth-order valence-electron chi connectivity index (χ4n) is 2.09. The molecular weight excluding hydrogens is 296 g/mol. The molecule has 0 bridgehead atoms. The predicted octanol–water partition coefficient (Wildman–Crippen LogP) is 3.10. The Bertz CT molecular complexity index is 532. The molecule has 0 spiro atoms. The summed E-state index contributed by atoms with van der Waals surface area (Å²) in [5.41, 5.74) is 0. The van der Waals surface area contributed by atoms with Gasteiger partial charge in [-0.15, -0.1) is 0 Å². The standard InChI is InChI=1S/C12H15BrN4O/c1-8(17-7-10(13)6-14-17)5-11-15-12(16-18-11)9-3-2-4-9/h6-9H,2-5H2,1H3. The molecule has 1 aliphatic carbocycles.